The Morgan fingerprint density at radius 1 is 1.58 bits per heavy atom. The van der Waals surface area contributed by atoms with Gasteiger partial charge in [-0.15, -0.1) is 0 Å². The maximum atomic E-state index is 12.3. The molecule has 0 unspecified atom stereocenters. The van der Waals surface area contributed by atoms with Gasteiger partial charge in [-0.1, -0.05) is 0 Å². The summed E-state index contributed by atoms with van der Waals surface area (Å²) in [6, 6.07) is 1.54. The SMILES string of the molecule is CSC[C@H]1CCCN(C(=O)c2cc(C(C)=O)n[nH]2)C1. The summed E-state index contributed by atoms with van der Waals surface area (Å²) in [5.74, 6) is 1.48. The first-order valence-electron chi connectivity index (χ1n) is 6.46. The van der Waals surface area contributed by atoms with E-state index in [1.807, 2.05) is 16.7 Å². The highest BCUT2D eigenvalue weighted by Gasteiger charge is 2.25. The van der Waals surface area contributed by atoms with Crippen molar-refractivity contribution >= 4 is 23.5 Å². The third-order valence-corrected chi connectivity index (χ3v) is 4.18. The smallest absolute Gasteiger partial charge is 0.271 e. The molecule has 19 heavy (non-hydrogen) atoms. The van der Waals surface area contributed by atoms with Gasteiger partial charge in [-0.2, -0.15) is 16.9 Å². The molecule has 1 aliphatic heterocycles. The minimum atomic E-state index is -0.130. The molecular weight excluding hydrogens is 262 g/mol. The van der Waals surface area contributed by atoms with E-state index in [4.69, 9.17) is 0 Å². The van der Waals surface area contributed by atoms with Gasteiger partial charge in [0.15, 0.2) is 5.78 Å². The molecule has 0 radical (unpaired) electrons. The molecule has 1 saturated heterocycles. The summed E-state index contributed by atoms with van der Waals surface area (Å²) in [6.45, 7) is 3.03. The van der Waals surface area contributed by atoms with E-state index in [1.54, 1.807) is 6.07 Å². The second-order valence-electron chi connectivity index (χ2n) is 4.94. The van der Waals surface area contributed by atoms with Crippen molar-refractivity contribution in [2.45, 2.75) is 19.8 Å². The van der Waals surface area contributed by atoms with E-state index in [2.05, 4.69) is 16.5 Å². The number of rotatable bonds is 4. The Hall–Kier alpha value is -1.30. The molecule has 6 heteroatoms. The highest BCUT2D eigenvalue weighted by atomic mass is 32.2. The van der Waals surface area contributed by atoms with Gasteiger partial charge < -0.3 is 4.90 Å². The van der Waals surface area contributed by atoms with Crippen LogP contribution in [0.2, 0.25) is 0 Å². The third-order valence-electron chi connectivity index (χ3n) is 3.38. The number of carbonyl (C=O) groups excluding carboxylic acids is 2. The quantitative estimate of drug-likeness (QED) is 0.855. The molecular formula is C13H19N3O2S. The Labute approximate surface area is 117 Å². The zero-order valence-electron chi connectivity index (χ0n) is 11.3. The topological polar surface area (TPSA) is 66.1 Å². The van der Waals surface area contributed by atoms with Crippen LogP contribution >= 0.6 is 11.8 Å². The van der Waals surface area contributed by atoms with Crippen LogP contribution in [-0.4, -0.2) is 51.9 Å². The second kappa shape index (κ2) is 6.23. The van der Waals surface area contributed by atoms with Gasteiger partial charge in [0.05, 0.1) is 0 Å². The Morgan fingerprint density at radius 2 is 2.37 bits per heavy atom. The molecule has 2 heterocycles. The van der Waals surface area contributed by atoms with Crippen LogP contribution in [0, 0.1) is 5.92 Å². The van der Waals surface area contributed by atoms with Crippen LogP contribution in [0.5, 0.6) is 0 Å². The number of carbonyl (C=O) groups is 2. The molecule has 1 N–H and O–H groups in total. The summed E-state index contributed by atoms with van der Waals surface area (Å²) in [5, 5.41) is 6.52. The number of nitrogens with one attached hydrogen (secondary N) is 1. The average molecular weight is 281 g/mol. The van der Waals surface area contributed by atoms with Crippen LogP contribution in [0.15, 0.2) is 6.07 Å². The summed E-state index contributed by atoms with van der Waals surface area (Å²) >= 11 is 1.82. The second-order valence-corrected chi connectivity index (χ2v) is 5.85. The number of hydrogen-bond acceptors (Lipinski definition) is 4. The van der Waals surface area contributed by atoms with Crippen molar-refractivity contribution in [3.05, 3.63) is 17.5 Å². The lowest BCUT2D eigenvalue weighted by Gasteiger charge is -2.32. The van der Waals surface area contributed by atoms with Gasteiger partial charge >= 0.3 is 0 Å². The fourth-order valence-electron chi connectivity index (χ4n) is 2.40. The maximum Gasteiger partial charge on any atom is 0.271 e. The predicted molar refractivity (Wildman–Crippen MR) is 75.6 cm³/mol. The van der Waals surface area contributed by atoms with Crippen molar-refractivity contribution in [2.24, 2.45) is 5.92 Å². The number of nitrogens with zero attached hydrogens (tertiary/aromatic N) is 2. The van der Waals surface area contributed by atoms with Crippen molar-refractivity contribution in [3.8, 4) is 0 Å². The van der Waals surface area contributed by atoms with Gasteiger partial charge in [0.2, 0.25) is 0 Å². The molecule has 1 aliphatic rings. The largest absolute Gasteiger partial charge is 0.337 e. The van der Waals surface area contributed by atoms with Gasteiger partial charge in [0.25, 0.3) is 5.91 Å². The minimum Gasteiger partial charge on any atom is -0.337 e. The van der Waals surface area contributed by atoms with Gasteiger partial charge in [0, 0.05) is 20.0 Å². The lowest BCUT2D eigenvalue weighted by molar-refractivity contribution is 0.0679. The molecule has 0 aliphatic carbocycles. The fraction of sp³-hybridized carbons (Fsp3) is 0.615. The van der Waals surface area contributed by atoms with Crippen LogP contribution in [0.1, 0.15) is 40.7 Å². The summed E-state index contributed by atoms with van der Waals surface area (Å²) in [7, 11) is 0. The summed E-state index contributed by atoms with van der Waals surface area (Å²) in [4.78, 5) is 25.4. The van der Waals surface area contributed by atoms with Crippen molar-refractivity contribution < 1.29 is 9.59 Å². The van der Waals surface area contributed by atoms with Crippen molar-refractivity contribution in [1.29, 1.82) is 0 Å². The van der Waals surface area contributed by atoms with Crippen LogP contribution in [-0.2, 0) is 0 Å². The lowest BCUT2D eigenvalue weighted by Crippen LogP contribution is -2.40. The number of likely N-dealkylation sites (tertiary alicyclic amines) is 1. The highest BCUT2D eigenvalue weighted by Crippen LogP contribution is 2.21. The van der Waals surface area contributed by atoms with E-state index in [1.165, 1.54) is 13.3 Å². The monoisotopic (exact) mass is 281 g/mol. The van der Waals surface area contributed by atoms with Crippen molar-refractivity contribution in [2.75, 3.05) is 25.1 Å². The number of ketones is 1. The van der Waals surface area contributed by atoms with Gasteiger partial charge in [-0.25, -0.2) is 0 Å². The summed E-state index contributed by atoms with van der Waals surface area (Å²) in [5.41, 5.74) is 0.732. The van der Waals surface area contributed by atoms with Gasteiger partial charge in [-0.3, -0.25) is 14.7 Å². The normalized spacial score (nSPS) is 19.5. The number of piperidine rings is 1. The number of aromatic nitrogens is 2. The minimum absolute atomic E-state index is 0.0502. The molecule has 104 valence electrons. The Kier molecular flexibility index (Phi) is 4.63. The number of hydrogen-bond donors (Lipinski definition) is 1. The number of Topliss-reactive ketones (excluding diaryl/α,β-unsaturated/α-hetero) is 1. The molecule has 0 spiro atoms. The summed E-state index contributed by atoms with van der Waals surface area (Å²) in [6.07, 6.45) is 4.33. The molecule has 0 saturated carbocycles. The van der Waals surface area contributed by atoms with Gasteiger partial charge in [-0.05, 0) is 36.8 Å². The Balaban J connectivity index is 2.03. The molecule has 0 bridgehead atoms. The standard InChI is InChI=1S/C13H19N3O2S/c1-9(17)11-6-12(15-14-11)13(18)16-5-3-4-10(7-16)8-19-2/h6,10H,3-5,7-8H2,1-2H3,(H,14,15)/t10-/m0/s1. The third kappa shape index (κ3) is 3.37. The van der Waals surface area contributed by atoms with E-state index >= 15 is 0 Å². The number of aromatic amines is 1. The fourth-order valence-corrected chi connectivity index (χ4v) is 3.15. The van der Waals surface area contributed by atoms with Crippen molar-refractivity contribution in [3.63, 3.8) is 0 Å². The van der Waals surface area contributed by atoms with E-state index in [9.17, 15) is 9.59 Å². The van der Waals surface area contributed by atoms with Crippen LogP contribution in [0.4, 0.5) is 0 Å². The molecule has 1 atom stereocenters. The maximum absolute atomic E-state index is 12.3. The highest BCUT2D eigenvalue weighted by molar-refractivity contribution is 7.98. The van der Waals surface area contributed by atoms with Gasteiger partial charge in [0.1, 0.15) is 11.4 Å². The van der Waals surface area contributed by atoms with E-state index in [0.29, 0.717) is 17.3 Å². The molecule has 2 rings (SSSR count). The van der Waals surface area contributed by atoms with Crippen LogP contribution < -0.4 is 0 Å². The predicted octanol–water partition coefficient (Wildman–Crippen LogP) is 1.83. The molecule has 1 aromatic heterocycles. The number of H-pyrrole nitrogens is 1. The zero-order valence-corrected chi connectivity index (χ0v) is 12.1. The first-order valence-corrected chi connectivity index (χ1v) is 7.85. The summed E-state index contributed by atoms with van der Waals surface area (Å²) < 4.78 is 0. The van der Waals surface area contributed by atoms with E-state index in [0.717, 1.165) is 25.3 Å². The first kappa shape index (κ1) is 14.1. The average Bonchev–Trinajstić information content (AvgIpc) is 2.88. The zero-order chi connectivity index (χ0) is 13.8. The lowest BCUT2D eigenvalue weighted by atomic mass is 10.00. The Morgan fingerprint density at radius 3 is 3.00 bits per heavy atom. The number of amides is 1. The van der Waals surface area contributed by atoms with E-state index < -0.39 is 0 Å². The molecule has 1 aromatic rings. The molecule has 1 amide bonds. The molecule has 1 fully saturated rings. The van der Waals surface area contributed by atoms with Crippen LogP contribution in [0.3, 0.4) is 0 Å². The molecule has 5 nitrogen and oxygen atoms in total. The Bertz CT molecular complexity index is 470. The molecule has 0 aromatic carbocycles. The van der Waals surface area contributed by atoms with Crippen molar-refractivity contribution in [1.82, 2.24) is 15.1 Å². The first-order chi connectivity index (χ1) is 9.11. The number of thioether (sulfide) groups is 1. The van der Waals surface area contributed by atoms with Crippen LogP contribution in [0.25, 0.3) is 0 Å². The van der Waals surface area contributed by atoms with E-state index in [-0.39, 0.29) is 11.7 Å².